The molecule has 0 aromatic carbocycles. The molecule has 19 heavy (non-hydrogen) atoms. The summed E-state index contributed by atoms with van der Waals surface area (Å²) < 4.78 is 26.5. The highest BCUT2D eigenvalue weighted by Crippen LogP contribution is 2.13. The highest BCUT2D eigenvalue weighted by atomic mass is 32.2. The van der Waals surface area contributed by atoms with Crippen molar-refractivity contribution in [3.63, 3.8) is 0 Å². The molecule has 0 aliphatic carbocycles. The van der Waals surface area contributed by atoms with E-state index in [0.717, 1.165) is 10.6 Å². The predicted octanol–water partition coefficient (Wildman–Crippen LogP) is 1.20. The van der Waals surface area contributed by atoms with Crippen molar-refractivity contribution in [2.75, 3.05) is 0 Å². The first-order valence-electron chi connectivity index (χ1n) is 5.28. The minimum Gasteiger partial charge on any atom is -0.250 e. The molecule has 98 valence electrons. The van der Waals surface area contributed by atoms with Crippen LogP contribution in [0.15, 0.2) is 28.7 Å². The van der Waals surface area contributed by atoms with Gasteiger partial charge in [-0.05, 0) is 19.1 Å². The van der Waals surface area contributed by atoms with Crippen LogP contribution < -0.4 is 4.72 Å². The zero-order chi connectivity index (χ0) is 13.9. The summed E-state index contributed by atoms with van der Waals surface area (Å²) in [5.41, 5.74) is 2.66. The van der Waals surface area contributed by atoms with Gasteiger partial charge in [-0.3, -0.25) is 0 Å². The van der Waals surface area contributed by atoms with Crippen LogP contribution in [-0.2, 0) is 16.6 Å². The first kappa shape index (κ1) is 13.6. The standard InChI is InChI=1S/C11H10N4O2S2/c1-8-11(18-7-14-8)6-15-19(16,17)10-3-2-9(4-12)13-5-10/h2-3,5,7,15H,6H2,1H3. The van der Waals surface area contributed by atoms with Gasteiger partial charge in [-0.15, -0.1) is 11.3 Å². The lowest BCUT2D eigenvalue weighted by molar-refractivity contribution is 0.581. The van der Waals surface area contributed by atoms with E-state index in [4.69, 9.17) is 5.26 Å². The molecule has 0 bridgehead atoms. The third-order valence-electron chi connectivity index (χ3n) is 2.43. The van der Waals surface area contributed by atoms with E-state index in [9.17, 15) is 8.42 Å². The van der Waals surface area contributed by atoms with Gasteiger partial charge in [0.15, 0.2) is 0 Å². The molecule has 0 saturated heterocycles. The van der Waals surface area contributed by atoms with Gasteiger partial charge in [0.25, 0.3) is 0 Å². The van der Waals surface area contributed by atoms with Gasteiger partial charge in [-0.25, -0.2) is 23.1 Å². The van der Waals surface area contributed by atoms with Crippen LogP contribution >= 0.6 is 11.3 Å². The molecule has 2 heterocycles. The summed E-state index contributed by atoms with van der Waals surface area (Å²) in [6.45, 7) is 2.02. The smallest absolute Gasteiger partial charge is 0.242 e. The van der Waals surface area contributed by atoms with Crippen molar-refractivity contribution in [3.8, 4) is 6.07 Å². The fourth-order valence-corrected chi connectivity index (χ4v) is 3.09. The Kier molecular flexibility index (Phi) is 3.90. The molecule has 0 spiro atoms. The number of aromatic nitrogens is 2. The Hall–Kier alpha value is -1.82. The number of aryl methyl sites for hydroxylation is 1. The van der Waals surface area contributed by atoms with E-state index < -0.39 is 10.0 Å². The van der Waals surface area contributed by atoms with E-state index in [2.05, 4.69) is 14.7 Å². The minimum atomic E-state index is -3.62. The Labute approximate surface area is 114 Å². The van der Waals surface area contributed by atoms with Crippen molar-refractivity contribution >= 4 is 21.4 Å². The maximum atomic E-state index is 12.0. The molecule has 0 aliphatic rings. The third-order valence-corrected chi connectivity index (χ3v) is 4.75. The summed E-state index contributed by atoms with van der Waals surface area (Å²) in [6, 6.07) is 4.56. The van der Waals surface area contributed by atoms with Crippen LogP contribution in [0, 0.1) is 18.3 Å². The average molecular weight is 294 g/mol. The zero-order valence-electron chi connectivity index (χ0n) is 9.99. The van der Waals surface area contributed by atoms with Gasteiger partial charge in [0.2, 0.25) is 10.0 Å². The Balaban J connectivity index is 2.14. The number of hydrogen-bond acceptors (Lipinski definition) is 6. The second-order valence-corrected chi connectivity index (χ2v) is 6.38. The molecule has 0 fully saturated rings. The van der Waals surface area contributed by atoms with Crippen LogP contribution in [0.3, 0.4) is 0 Å². The third kappa shape index (κ3) is 3.14. The topological polar surface area (TPSA) is 95.7 Å². The van der Waals surface area contributed by atoms with Crippen LogP contribution in [0.2, 0.25) is 0 Å². The molecular weight excluding hydrogens is 284 g/mol. The first-order valence-corrected chi connectivity index (χ1v) is 7.64. The van der Waals surface area contributed by atoms with Crippen molar-refractivity contribution in [1.29, 1.82) is 5.26 Å². The van der Waals surface area contributed by atoms with Crippen molar-refractivity contribution < 1.29 is 8.42 Å². The summed E-state index contributed by atoms with van der Waals surface area (Å²) in [4.78, 5) is 8.69. The monoisotopic (exact) mass is 294 g/mol. The van der Waals surface area contributed by atoms with Crippen LogP contribution in [-0.4, -0.2) is 18.4 Å². The fraction of sp³-hybridized carbons (Fsp3) is 0.182. The first-order chi connectivity index (χ1) is 9.03. The van der Waals surface area contributed by atoms with Crippen molar-refractivity contribution in [3.05, 3.63) is 40.1 Å². The molecule has 2 aromatic rings. The number of nitrogens with zero attached hydrogens (tertiary/aromatic N) is 3. The summed E-state index contributed by atoms with van der Waals surface area (Å²) in [7, 11) is -3.62. The summed E-state index contributed by atoms with van der Waals surface area (Å²) in [5, 5.41) is 8.61. The number of hydrogen-bond donors (Lipinski definition) is 1. The quantitative estimate of drug-likeness (QED) is 0.914. The van der Waals surface area contributed by atoms with E-state index in [-0.39, 0.29) is 17.1 Å². The highest BCUT2D eigenvalue weighted by molar-refractivity contribution is 7.89. The van der Waals surface area contributed by atoms with Gasteiger partial charge < -0.3 is 0 Å². The van der Waals surface area contributed by atoms with Gasteiger partial charge >= 0.3 is 0 Å². The largest absolute Gasteiger partial charge is 0.250 e. The number of sulfonamides is 1. The minimum absolute atomic E-state index is 0.0358. The number of thiazole rings is 1. The number of pyridine rings is 1. The Morgan fingerprint density at radius 1 is 1.42 bits per heavy atom. The van der Waals surface area contributed by atoms with E-state index in [1.54, 1.807) is 5.51 Å². The maximum Gasteiger partial charge on any atom is 0.242 e. The maximum absolute atomic E-state index is 12.0. The lowest BCUT2D eigenvalue weighted by atomic mass is 10.4. The molecule has 0 aliphatic heterocycles. The SMILES string of the molecule is Cc1ncsc1CNS(=O)(=O)c1ccc(C#N)nc1. The van der Waals surface area contributed by atoms with Crippen LogP contribution in [0.1, 0.15) is 16.3 Å². The van der Waals surface area contributed by atoms with Gasteiger partial charge in [0, 0.05) is 17.6 Å². The second kappa shape index (κ2) is 5.44. The molecule has 2 rings (SSSR count). The molecule has 6 nitrogen and oxygen atoms in total. The molecule has 1 N–H and O–H groups in total. The van der Waals surface area contributed by atoms with Gasteiger partial charge in [-0.2, -0.15) is 5.26 Å². The molecule has 0 amide bonds. The van der Waals surface area contributed by atoms with E-state index in [1.165, 1.54) is 29.7 Å². The normalized spacial score (nSPS) is 11.2. The Bertz CT molecular complexity index is 714. The molecule has 0 radical (unpaired) electrons. The lowest BCUT2D eigenvalue weighted by Crippen LogP contribution is -2.23. The number of nitriles is 1. The van der Waals surface area contributed by atoms with Crippen molar-refractivity contribution in [1.82, 2.24) is 14.7 Å². The van der Waals surface area contributed by atoms with Gasteiger partial charge in [0.1, 0.15) is 16.7 Å². The van der Waals surface area contributed by atoms with Crippen molar-refractivity contribution in [2.24, 2.45) is 0 Å². The zero-order valence-corrected chi connectivity index (χ0v) is 11.6. The van der Waals surface area contributed by atoms with E-state index in [0.29, 0.717) is 0 Å². The van der Waals surface area contributed by atoms with E-state index in [1.807, 2.05) is 13.0 Å². The van der Waals surface area contributed by atoms with Crippen molar-refractivity contribution in [2.45, 2.75) is 18.4 Å². The molecule has 0 saturated carbocycles. The second-order valence-electron chi connectivity index (χ2n) is 3.68. The summed E-state index contributed by atoms with van der Waals surface area (Å²) >= 11 is 1.39. The Morgan fingerprint density at radius 2 is 2.21 bits per heavy atom. The molecule has 0 atom stereocenters. The average Bonchev–Trinajstić information content (AvgIpc) is 2.82. The number of nitrogens with one attached hydrogen (secondary N) is 1. The van der Waals surface area contributed by atoms with Gasteiger partial charge in [0.05, 0.1) is 11.2 Å². The number of rotatable bonds is 4. The molecule has 0 unspecified atom stereocenters. The fourth-order valence-electron chi connectivity index (χ4n) is 1.35. The van der Waals surface area contributed by atoms with Crippen LogP contribution in [0.25, 0.3) is 0 Å². The lowest BCUT2D eigenvalue weighted by Gasteiger charge is -2.05. The summed E-state index contributed by atoms with van der Waals surface area (Å²) in [6.07, 6.45) is 1.17. The summed E-state index contributed by atoms with van der Waals surface area (Å²) in [5.74, 6) is 0. The highest BCUT2D eigenvalue weighted by Gasteiger charge is 2.15. The van der Waals surface area contributed by atoms with Crippen LogP contribution in [0.4, 0.5) is 0 Å². The van der Waals surface area contributed by atoms with Crippen LogP contribution in [0.5, 0.6) is 0 Å². The molecule has 8 heteroatoms. The Morgan fingerprint density at radius 3 is 2.74 bits per heavy atom. The molecule has 2 aromatic heterocycles. The molecular formula is C11H10N4O2S2. The predicted molar refractivity (Wildman–Crippen MR) is 69.8 cm³/mol. The van der Waals surface area contributed by atoms with E-state index >= 15 is 0 Å². The van der Waals surface area contributed by atoms with Gasteiger partial charge in [-0.1, -0.05) is 0 Å².